The zero-order valence-corrected chi connectivity index (χ0v) is 10.6. The van der Waals surface area contributed by atoms with Crippen molar-refractivity contribution < 1.29 is 18.7 Å². The first-order valence-corrected chi connectivity index (χ1v) is 6.32. The summed E-state index contributed by atoms with van der Waals surface area (Å²) in [6.45, 7) is 0. The van der Waals surface area contributed by atoms with E-state index in [4.69, 9.17) is 0 Å². The molecule has 0 bridgehead atoms. The summed E-state index contributed by atoms with van der Waals surface area (Å²) in [6, 6.07) is 10.2. The molecule has 2 aromatic rings. The van der Waals surface area contributed by atoms with Crippen molar-refractivity contribution in [3.8, 4) is 11.1 Å². The van der Waals surface area contributed by atoms with Crippen molar-refractivity contribution in [2.45, 2.75) is 18.3 Å². The number of rotatable bonds is 3. The lowest BCUT2D eigenvalue weighted by atomic mass is 9.94. The molecule has 0 radical (unpaired) electrons. The van der Waals surface area contributed by atoms with Crippen molar-refractivity contribution in [2.75, 3.05) is 0 Å². The van der Waals surface area contributed by atoms with E-state index in [1.165, 1.54) is 12.1 Å². The summed E-state index contributed by atoms with van der Waals surface area (Å²) < 4.78 is 26.4. The Morgan fingerprint density at radius 2 is 1.50 bits per heavy atom. The Morgan fingerprint density at radius 3 is 1.95 bits per heavy atom. The zero-order chi connectivity index (χ0) is 14.3. The van der Waals surface area contributed by atoms with Gasteiger partial charge in [-0.2, -0.15) is 0 Å². The Hall–Kier alpha value is -2.23. The van der Waals surface area contributed by atoms with Crippen LogP contribution in [0, 0.1) is 11.6 Å². The quantitative estimate of drug-likeness (QED) is 0.925. The first-order chi connectivity index (χ1) is 9.51. The van der Waals surface area contributed by atoms with Gasteiger partial charge in [0.25, 0.3) is 0 Å². The highest BCUT2D eigenvalue weighted by atomic mass is 19.1. The van der Waals surface area contributed by atoms with E-state index in [9.17, 15) is 18.7 Å². The molecule has 1 saturated carbocycles. The number of carbonyl (C=O) groups is 1. The first-order valence-electron chi connectivity index (χ1n) is 6.32. The van der Waals surface area contributed by atoms with Crippen molar-refractivity contribution in [1.29, 1.82) is 0 Å². The van der Waals surface area contributed by atoms with E-state index in [1.807, 2.05) is 0 Å². The average molecular weight is 274 g/mol. The third-order valence-electron chi connectivity index (χ3n) is 3.79. The van der Waals surface area contributed by atoms with E-state index in [-0.39, 0.29) is 0 Å². The van der Waals surface area contributed by atoms with Crippen LogP contribution in [0.3, 0.4) is 0 Å². The van der Waals surface area contributed by atoms with Gasteiger partial charge in [-0.15, -0.1) is 0 Å². The van der Waals surface area contributed by atoms with E-state index >= 15 is 0 Å². The maximum atomic E-state index is 13.2. The molecule has 102 valence electrons. The molecule has 0 aromatic heterocycles. The van der Waals surface area contributed by atoms with Gasteiger partial charge in [0.05, 0.1) is 5.41 Å². The monoisotopic (exact) mass is 274 g/mol. The van der Waals surface area contributed by atoms with E-state index in [0.29, 0.717) is 24.0 Å². The van der Waals surface area contributed by atoms with Crippen molar-refractivity contribution in [2.24, 2.45) is 0 Å². The van der Waals surface area contributed by atoms with Gasteiger partial charge in [-0.05, 0) is 41.7 Å². The standard InChI is InChI=1S/C16H12F2O2/c17-13-7-11(8-14(18)9-13)10-1-3-12(4-2-10)16(5-6-16)15(19)20/h1-4,7-9H,5-6H2,(H,19,20). The van der Waals surface area contributed by atoms with Crippen molar-refractivity contribution >= 4 is 5.97 Å². The van der Waals surface area contributed by atoms with Crippen LogP contribution in [-0.4, -0.2) is 11.1 Å². The van der Waals surface area contributed by atoms with Crippen LogP contribution < -0.4 is 0 Å². The maximum Gasteiger partial charge on any atom is 0.314 e. The molecule has 0 unspecified atom stereocenters. The van der Waals surface area contributed by atoms with Crippen LogP contribution in [0.4, 0.5) is 8.78 Å². The predicted octanol–water partition coefficient (Wildman–Crippen LogP) is 3.75. The lowest BCUT2D eigenvalue weighted by Crippen LogP contribution is -2.19. The molecule has 2 nitrogen and oxygen atoms in total. The summed E-state index contributed by atoms with van der Waals surface area (Å²) in [6.07, 6.45) is 1.27. The van der Waals surface area contributed by atoms with Gasteiger partial charge in [-0.25, -0.2) is 8.78 Å². The highest BCUT2D eigenvalue weighted by Gasteiger charge is 2.51. The van der Waals surface area contributed by atoms with Crippen LogP contribution in [0.5, 0.6) is 0 Å². The largest absolute Gasteiger partial charge is 0.481 e. The molecule has 1 aliphatic carbocycles. The smallest absolute Gasteiger partial charge is 0.314 e. The molecule has 0 heterocycles. The molecule has 0 saturated heterocycles. The van der Waals surface area contributed by atoms with Crippen LogP contribution >= 0.6 is 0 Å². The molecular formula is C16H12F2O2. The summed E-state index contributed by atoms with van der Waals surface area (Å²) >= 11 is 0. The lowest BCUT2D eigenvalue weighted by molar-refractivity contribution is -0.140. The summed E-state index contributed by atoms with van der Waals surface area (Å²) in [5, 5.41) is 9.22. The molecule has 2 aromatic carbocycles. The van der Waals surface area contributed by atoms with E-state index < -0.39 is 23.0 Å². The Labute approximate surface area is 114 Å². The molecule has 20 heavy (non-hydrogen) atoms. The predicted molar refractivity (Wildman–Crippen MR) is 70.3 cm³/mol. The van der Waals surface area contributed by atoms with Crippen LogP contribution in [0.1, 0.15) is 18.4 Å². The number of hydrogen-bond donors (Lipinski definition) is 1. The van der Waals surface area contributed by atoms with Crippen LogP contribution in [0.2, 0.25) is 0 Å². The van der Waals surface area contributed by atoms with E-state index in [2.05, 4.69) is 0 Å². The molecule has 1 N–H and O–H groups in total. The van der Waals surface area contributed by atoms with Crippen LogP contribution in [0.15, 0.2) is 42.5 Å². The van der Waals surface area contributed by atoms with Gasteiger partial charge in [0.2, 0.25) is 0 Å². The highest BCUT2D eigenvalue weighted by molar-refractivity contribution is 5.85. The summed E-state index contributed by atoms with van der Waals surface area (Å²) in [5.41, 5.74) is 1.08. The second-order valence-corrected chi connectivity index (χ2v) is 5.12. The summed E-state index contributed by atoms with van der Waals surface area (Å²) in [5.74, 6) is -2.08. The molecular weight excluding hydrogens is 262 g/mol. The molecule has 0 amide bonds. The molecule has 4 heteroatoms. The van der Waals surface area contributed by atoms with Gasteiger partial charge in [-0.3, -0.25) is 4.79 Å². The fraction of sp³-hybridized carbons (Fsp3) is 0.188. The molecule has 0 spiro atoms. The summed E-state index contributed by atoms with van der Waals surface area (Å²) in [7, 11) is 0. The molecule has 1 fully saturated rings. The second kappa shape index (κ2) is 4.40. The van der Waals surface area contributed by atoms with Gasteiger partial charge in [0.15, 0.2) is 0 Å². The fourth-order valence-corrected chi connectivity index (χ4v) is 2.45. The molecule has 3 rings (SSSR count). The Balaban J connectivity index is 1.96. The van der Waals surface area contributed by atoms with Crippen LogP contribution in [0.25, 0.3) is 11.1 Å². The molecule has 1 aliphatic rings. The summed E-state index contributed by atoms with van der Waals surface area (Å²) in [4.78, 5) is 11.2. The third kappa shape index (κ3) is 2.07. The zero-order valence-electron chi connectivity index (χ0n) is 10.6. The minimum Gasteiger partial charge on any atom is -0.481 e. The van der Waals surface area contributed by atoms with Crippen molar-refractivity contribution in [3.05, 3.63) is 59.7 Å². The number of aliphatic carboxylic acids is 1. The maximum absolute atomic E-state index is 13.2. The van der Waals surface area contributed by atoms with Gasteiger partial charge in [-0.1, -0.05) is 24.3 Å². The lowest BCUT2D eigenvalue weighted by Gasteiger charge is -2.11. The van der Waals surface area contributed by atoms with Crippen LogP contribution in [-0.2, 0) is 10.2 Å². The van der Waals surface area contributed by atoms with Gasteiger partial charge >= 0.3 is 5.97 Å². The highest BCUT2D eigenvalue weighted by Crippen LogP contribution is 2.48. The van der Waals surface area contributed by atoms with Gasteiger partial charge in [0.1, 0.15) is 11.6 Å². The van der Waals surface area contributed by atoms with Crippen molar-refractivity contribution in [3.63, 3.8) is 0 Å². The van der Waals surface area contributed by atoms with Gasteiger partial charge in [0, 0.05) is 6.07 Å². The van der Waals surface area contributed by atoms with E-state index in [0.717, 1.165) is 11.6 Å². The number of carboxylic acid groups (broad SMARTS) is 1. The topological polar surface area (TPSA) is 37.3 Å². The number of hydrogen-bond acceptors (Lipinski definition) is 1. The Morgan fingerprint density at radius 1 is 0.950 bits per heavy atom. The number of carboxylic acids is 1. The Bertz CT molecular complexity index is 653. The van der Waals surface area contributed by atoms with E-state index in [1.54, 1.807) is 24.3 Å². The van der Waals surface area contributed by atoms with Crippen molar-refractivity contribution in [1.82, 2.24) is 0 Å². The minimum atomic E-state index is -0.818. The van der Waals surface area contributed by atoms with Gasteiger partial charge < -0.3 is 5.11 Å². The number of benzene rings is 2. The SMILES string of the molecule is O=C(O)C1(c2ccc(-c3cc(F)cc(F)c3)cc2)CC1. The normalized spacial score (nSPS) is 15.9. The number of halogens is 2. The molecule has 0 aliphatic heterocycles. The molecule has 0 atom stereocenters. The second-order valence-electron chi connectivity index (χ2n) is 5.12. The third-order valence-corrected chi connectivity index (χ3v) is 3.79. The Kier molecular flexibility index (Phi) is 2.82. The fourth-order valence-electron chi connectivity index (χ4n) is 2.45. The first kappa shape index (κ1) is 12.8. The minimum absolute atomic E-state index is 0.439. The average Bonchev–Trinajstić information content (AvgIpc) is 3.19.